The summed E-state index contributed by atoms with van der Waals surface area (Å²) < 4.78 is 36.7. The normalized spacial score (nSPS) is 11.9. The smallest absolute Gasteiger partial charge is 0.196 e. The van der Waals surface area contributed by atoms with E-state index in [4.69, 9.17) is 9.26 Å². The van der Waals surface area contributed by atoms with Crippen LogP contribution in [0.3, 0.4) is 0 Å². The van der Waals surface area contributed by atoms with Gasteiger partial charge in [-0.25, -0.2) is 8.42 Å². The van der Waals surface area contributed by atoms with Gasteiger partial charge in [-0.2, -0.15) is 0 Å². The zero-order valence-electron chi connectivity index (χ0n) is 19.8. The monoisotopic (exact) mass is 502 g/mol. The molecule has 0 saturated heterocycles. The fourth-order valence-electron chi connectivity index (χ4n) is 3.23. The quantitative estimate of drug-likeness (QED) is 0.271. The molecule has 0 aliphatic carbocycles. The zero-order chi connectivity index (χ0) is 24.8. The molecule has 9 heteroatoms. The molecule has 0 spiro atoms. The highest BCUT2D eigenvalue weighted by molar-refractivity contribution is 7.99. The number of carbonyl (C=O) groups is 1. The average molecular weight is 503 g/mol. The van der Waals surface area contributed by atoms with Crippen LogP contribution in [-0.2, 0) is 26.5 Å². The molecule has 0 aliphatic rings. The van der Waals surface area contributed by atoms with Crippen molar-refractivity contribution in [3.8, 4) is 5.75 Å². The van der Waals surface area contributed by atoms with Crippen molar-refractivity contribution in [2.75, 3.05) is 18.3 Å². The number of methoxy groups -OCH3 is 1. The molecule has 182 valence electrons. The predicted octanol–water partition coefficient (Wildman–Crippen LogP) is 5.50. The Kier molecular flexibility index (Phi) is 8.43. The SMILES string of the molecule is COc1cccc(Sc2c(NCS(=O)(=O)c3ccc(C(C)(C)C)cc3)noc2CCCC=O)c1. The number of ether oxygens (including phenoxy) is 1. The second-order valence-corrected chi connectivity index (χ2v) is 11.9. The summed E-state index contributed by atoms with van der Waals surface area (Å²) in [6.45, 7) is 6.24. The molecular formula is C25H30N2O5S2. The van der Waals surface area contributed by atoms with Crippen molar-refractivity contribution in [3.05, 3.63) is 59.9 Å². The van der Waals surface area contributed by atoms with E-state index in [1.54, 1.807) is 19.2 Å². The minimum absolute atomic E-state index is 0.0618. The number of hydrogen-bond donors (Lipinski definition) is 1. The number of aryl methyl sites for hydroxylation is 1. The first kappa shape index (κ1) is 25.8. The molecule has 0 unspecified atom stereocenters. The fraction of sp³-hybridized carbons (Fsp3) is 0.360. The number of nitrogens with zero attached hydrogens (tertiary/aromatic N) is 1. The largest absolute Gasteiger partial charge is 0.497 e. The Morgan fingerprint density at radius 2 is 1.88 bits per heavy atom. The van der Waals surface area contributed by atoms with Gasteiger partial charge in [-0.05, 0) is 47.7 Å². The Balaban J connectivity index is 1.81. The van der Waals surface area contributed by atoms with Gasteiger partial charge in [-0.3, -0.25) is 0 Å². The van der Waals surface area contributed by atoms with Gasteiger partial charge in [0.1, 0.15) is 17.9 Å². The molecule has 1 heterocycles. The van der Waals surface area contributed by atoms with E-state index in [2.05, 4.69) is 31.2 Å². The lowest BCUT2D eigenvalue weighted by Gasteiger charge is -2.19. The molecule has 0 fully saturated rings. The lowest BCUT2D eigenvalue weighted by molar-refractivity contribution is -0.107. The van der Waals surface area contributed by atoms with Crippen LogP contribution in [-0.4, -0.2) is 32.8 Å². The van der Waals surface area contributed by atoms with Crippen LogP contribution in [0, 0.1) is 0 Å². The van der Waals surface area contributed by atoms with Gasteiger partial charge < -0.3 is 19.4 Å². The van der Waals surface area contributed by atoms with E-state index in [1.165, 1.54) is 11.8 Å². The summed E-state index contributed by atoms with van der Waals surface area (Å²) in [4.78, 5) is 12.5. The van der Waals surface area contributed by atoms with Crippen LogP contribution in [0.25, 0.3) is 0 Å². The molecule has 0 aliphatic heterocycles. The van der Waals surface area contributed by atoms with Crippen LogP contribution in [0.2, 0.25) is 0 Å². The highest BCUT2D eigenvalue weighted by atomic mass is 32.2. The van der Waals surface area contributed by atoms with Gasteiger partial charge in [0.2, 0.25) is 0 Å². The zero-order valence-corrected chi connectivity index (χ0v) is 21.5. The molecule has 0 amide bonds. The maximum absolute atomic E-state index is 13.0. The molecule has 1 aromatic heterocycles. The average Bonchev–Trinajstić information content (AvgIpc) is 3.19. The molecule has 0 atom stereocenters. The molecule has 3 aromatic rings. The Bertz CT molecular complexity index is 1210. The molecule has 1 N–H and O–H groups in total. The van der Waals surface area contributed by atoms with Gasteiger partial charge in [0, 0.05) is 17.7 Å². The van der Waals surface area contributed by atoms with Crippen LogP contribution in [0.1, 0.15) is 44.9 Å². The third kappa shape index (κ3) is 6.64. The van der Waals surface area contributed by atoms with E-state index in [9.17, 15) is 13.2 Å². The molecule has 3 rings (SSSR count). The first-order valence-corrected chi connectivity index (χ1v) is 13.4. The van der Waals surface area contributed by atoms with Crippen molar-refractivity contribution in [2.45, 2.75) is 60.1 Å². The highest BCUT2D eigenvalue weighted by Gasteiger charge is 2.22. The first-order chi connectivity index (χ1) is 16.1. The highest BCUT2D eigenvalue weighted by Crippen LogP contribution is 2.38. The van der Waals surface area contributed by atoms with Gasteiger partial charge in [-0.15, -0.1) is 0 Å². The minimum Gasteiger partial charge on any atom is -0.497 e. The lowest BCUT2D eigenvalue weighted by Crippen LogP contribution is -2.16. The summed E-state index contributed by atoms with van der Waals surface area (Å²) in [5, 5.41) is 7.03. The van der Waals surface area contributed by atoms with E-state index < -0.39 is 9.84 Å². The van der Waals surface area contributed by atoms with Crippen LogP contribution < -0.4 is 10.1 Å². The Morgan fingerprint density at radius 3 is 2.53 bits per heavy atom. The van der Waals surface area contributed by atoms with Crippen LogP contribution in [0.5, 0.6) is 5.75 Å². The lowest BCUT2D eigenvalue weighted by atomic mass is 9.87. The first-order valence-electron chi connectivity index (χ1n) is 11.0. The summed E-state index contributed by atoms with van der Waals surface area (Å²) in [5.41, 5.74) is 1.00. The maximum Gasteiger partial charge on any atom is 0.196 e. The minimum atomic E-state index is -3.60. The van der Waals surface area contributed by atoms with Crippen LogP contribution in [0.15, 0.2) is 67.7 Å². The number of benzene rings is 2. The van der Waals surface area contributed by atoms with Crippen LogP contribution in [0.4, 0.5) is 5.82 Å². The molecule has 0 bridgehead atoms. The third-order valence-corrected chi connectivity index (χ3v) is 7.84. The Hall–Kier alpha value is -2.78. The van der Waals surface area contributed by atoms with Crippen molar-refractivity contribution in [2.24, 2.45) is 0 Å². The van der Waals surface area contributed by atoms with Crippen molar-refractivity contribution in [1.82, 2.24) is 5.16 Å². The molecular weight excluding hydrogens is 472 g/mol. The summed E-state index contributed by atoms with van der Waals surface area (Å²) in [6, 6.07) is 14.5. The van der Waals surface area contributed by atoms with Crippen molar-refractivity contribution < 1.29 is 22.5 Å². The number of aldehydes is 1. The van der Waals surface area contributed by atoms with Crippen molar-refractivity contribution in [1.29, 1.82) is 0 Å². The van der Waals surface area contributed by atoms with Gasteiger partial charge in [0.25, 0.3) is 0 Å². The summed E-state index contributed by atoms with van der Waals surface area (Å²) in [7, 11) is -2.00. The molecule has 2 aromatic carbocycles. The van der Waals surface area contributed by atoms with Gasteiger partial charge in [-0.1, -0.05) is 55.9 Å². The number of nitrogens with one attached hydrogen (secondary N) is 1. The van der Waals surface area contributed by atoms with Gasteiger partial charge in [0.05, 0.1) is 16.9 Å². The Morgan fingerprint density at radius 1 is 1.15 bits per heavy atom. The number of hydrogen-bond acceptors (Lipinski definition) is 8. The second-order valence-electron chi connectivity index (χ2n) is 8.83. The predicted molar refractivity (Wildman–Crippen MR) is 133 cm³/mol. The fourth-order valence-corrected chi connectivity index (χ4v) is 5.29. The summed E-state index contributed by atoms with van der Waals surface area (Å²) in [5.74, 6) is 1.33. The van der Waals surface area contributed by atoms with Crippen LogP contribution >= 0.6 is 11.8 Å². The maximum atomic E-state index is 13.0. The number of unbranched alkanes of at least 4 members (excludes halogenated alkanes) is 1. The molecule has 34 heavy (non-hydrogen) atoms. The van der Waals surface area contributed by atoms with Crippen molar-refractivity contribution >= 4 is 33.7 Å². The second kappa shape index (κ2) is 11.1. The Labute approximate surface area is 205 Å². The van der Waals surface area contributed by atoms with E-state index >= 15 is 0 Å². The van der Waals surface area contributed by atoms with Gasteiger partial charge in [0.15, 0.2) is 21.4 Å². The van der Waals surface area contributed by atoms with Crippen molar-refractivity contribution in [3.63, 3.8) is 0 Å². The van der Waals surface area contributed by atoms with E-state index in [1.807, 2.05) is 36.4 Å². The van der Waals surface area contributed by atoms with Gasteiger partial charge >= 0.3 is 0 Å². The standard InChI is InChI=1S/C25H30N2O5S2/c1-25(2,3)18-11-13-21(14-12-18)34(29,30)17-26-24-23(22(32-27-24)10-5-6-15-28)33-20-9-7-8-19(16-20)31-4/h7-9,11-16H,5-6,10,17H2,1-4H3,(H,26,27). The molecule has 7 nitrogen and oxygen atoms in total. The molecule has 0 radical (unpaired) electrons. The summed E-state index contributed by atoms with van der Waals surface area (Å²) >= 11 is 1.40. The van der Waals surface area contributed by atoms with E-state index in [0.717, 1.165) is 16.7 Å². The topological polar surface area (TPSA) is 98.5 Å². The third-order valence-electron chi connectivity index (χ3n) is 5.21. The number of carbonyl (C=O) groups excluding carboxylic acids is 1. The summed E-state index contributed by atoms with van der Waals surface area (Å²) in [6.07, 6.45) is 2.40. The number of aromatic nitrogens is 1. The van der Waals surface area contributed by atoms with E-state index in [-0.39, 0.29) is 16.2 Å². The number of sulfone groups is 1. The number of rotatable bonds is 11. The van der Waals surface area contributed by atoms with E-state index in [0.29, 0.717) is 41.5 Å². The molecule has 0 saturated carbocycles. The number of anilines is 1.